The van der Waals surface area contributed by atoms with E-state index in [-0.39, 0.29) is 18.0 Å². The molecule has 0 unspecified atom stereocenters. The Balaban J connectivity index is 1.39. The van der Waals surface area contributed by atoms with Crippen molar-refractivity contribution in [1.82, 2.24) is 24.6 Å². The molecule has 0 radical (unpaired) electrons. The van der Waals surface area contributed by atoms with Gasteiger partial charge in [-0.25, -0.2) is 4.79 Å². The van der Waals surface area contributed by atoms with Crippen molar-refractivity contribution in [2.24, 2.45) is 7.05 Å². The Morgan fingerprint density at radius 3 is 2.38 bits per heavy atom. The first-order valence-electron chi connectivity index (χ1n) is 13.7. The number of rotatable bonds is 8. The van der Waals surface area contributed by atoms with E-state index >= 15 is 0 Å². The summed E-state index contributed by atoms with van der Waals surface area (Å²) in [5.41, 5.74) is 2.98. The number of ether oxygens (including phenoxy) is 1. The maximum absolute atomic E-state index is 13.5. The number of carbonyl (C=O) groups is 2. The van der Waals surface area contributed by atoms with Gasteiger partial charge in [0.1, 0.15) is 18.0 Å². The summed E-state index contributed by atoms with van der Waals surface area (Å²) in [6.45, 7) is 5.26. The Kier molecular flexibility index (Phi) is 8.17. The average Bonchev–Trinajstić information content (AvgIpc) is 3.69. The van der Waals surface area contributed by atoms with Crippen LogP contribution in [0, 0.1) is 0 Å². The van der Waals surface area contributed by atoms with Gasteiger partial charge >= 0.3 is 6.09 Å². The summed E-state index contributed by atoms with van der Waals surface area (Å²) in [5.74, 6) is 0.260. The van der Waals surface area contributed by atoms with Crippen molar-refractivity contribution >= 4 is 29.3 Å². The van der Waals surface area contributed by atoms with Crippen LogP contribution in [0.15, 0.2) is 71.9 Å². The first-order chi connectivity index (χ1) is 20.0. The first-order valence-corrected chi connectivity index (χ1v) is 14.1. The van der Waals surface area contributed by atoms with E-state index < -0.39 is 23.6 Å². The number of anilines is 1. The molecule has 1 fully saturated rings. The summed E-state index contributed by atoms with van der Waals surface area (Å²) < 4.78 is 9.00. The van der Waals surface area contributed by atoms with Crippen LogP contribution >= 0.6 is 11.6 Å². The topological polar surface area (TPSA) is 120 Å². The van der Waals surface area contributed by atoms with Gasteiger partial charge in [-0.1, -0.05) is 17.7 Å². The van der Waals surface area contributed by atoms with E-state index in [1.807, 2.05) is 37.5 Å². The zero-order valence-electron chi connectivity index (χ0n) is 23.9. The van der Waals surface area contributed by atoms with Gasteiger partial charge < -0.3 is 24.5 Å². The lowest BCUT2D eigenvalue weighted by atomic mass is 9.99. The van der Waals surface area contributed by atoms with Crippen LogP contribution in [0.1, 0.15) is 45.2 Å². The third-order valence-corrected chi connectivity index (χ3v) is 7.18. The third kappa shape index (κ3) is 7.06. The molecule has 1 aliphatic rings. The predicted molar refractivity (Wildman–Crippen MR) is 161 cm³/mol. The van der Waals surface area contributed by atoms with Crippen LogP contribution in [0.3, 0.4) is 0 Å². The minimum atomic E-state index is -0.994. The average molecular weight is 589 g/mol. The van der Waals surface area contributed by atoms with Gasteiger partial charge in [-0.3, -0.25) is 9.59 Å². The smallest absolute Gasteiger partial charge is 0.408 e. The van der Waals surface area contributed by atoms with E-state index in [9.17, 15) is 14.4 Å². The molecule has 1 aliphatic carbocycles. The van der Waals surface area contributed by atoms with Crippen molar-refractivity contribution in [2.75, 3.05) is 5.32 Å². The van der Waals surface area contributed by atoms with E-state index in [0.29, 0.717) is 22.1 Å². The standard InChI is InChI=1S/C31H33ClN6O4/c1-31(2,3)42-30(41)35-26(29(40)34-23-9-5-19(6-10-23)28-36-33-18-37(28)4)16-22-15-20(7-13-25(22)32)21-8-14-27(39)38(17-21)24-11-12-24/h5-10,13-15,17-18,24,26H,11-12,16H2,1-4H3,(H,34,40)(H,35,41)/t26-/m0/s1. The number of halogens is 1. The molecular weight excluding hydrogens is 556 g/mol. The maximum atomic E-state index is 13.5. The van der Waals surface area contributed by atoms with Crippen LogP contribution in [0.2, 0.25) is 5.02 Å². The van der Waals surface area contributed by atoms with E-state index in [2.05, 4.69) is 20.8 Å². The number of carbonyl (C=O) groups excluding carboxylic acids is 2. The molecule has 0 saturated heterocycles. The molecule has 0 aliphatic heterocycles. The zero-order chi connectivity index (χ0) is 30.0. The number of pyridine rings is 1. The molecule has 4 aromatic rings. The Hall–Kier alpha value is -4.44. The molecule has 10 nitrogen and oxygen atoms in total. The summed E-state index contributed by atoms with van der Waals surface area (Å²) in [7, 11) is 1.85. The fourth-order valence-corrected chi connectivity index (χ4v) is 4.77. The number of benzene rings is 2. The number of aryl methyl sites for hydroxylation is 1. The fourth-order valence-electron chi connectivity index (χ4n) is 4.58. The lowest BCUT2D eigenvalue weighted by molar-refractivity contribution is -0.118. The van der Waals surface area contributed by atoms with Crippen molar-refractivity contribution < 1.29 is 14.3 Å². The van der Waals surface area contributed by atoms with Gasteiger partial charge in [-0.2, -0.15) is 0 Å². The van der Waals surface area contributed by atoms with Crippen molar-refractivity contribution in [2.45, 2.75) is 57.7 Å². The molecule has 2 aromatic carbocycles. The monoisotopic (exact) mass is 588 g/mol. The van der Waals surface area contributed by atoms with Crippen LogP contribution in [-0.2, 0) is 23.0 Å². The van der Waals surface area contributed by atoms with Crippen molar-refractivity contribution in [3.8, 4) is 22.5 Å². The molecule has 11 heteroatoms. The summed E-state index contributed by atoms with van der Waals surface area (Å²) >= 11 is 6.59. The van der Waals surface area contributed by atoms with Crippen LogP contribution in [0.4, 0.5) is 10.5 Å². The largest absolute Gasteiger partial charge is 0.444 e. The van der Waals surface area contributed by atoms with Gasteiger partial charge in [0, 0.05) is 48.0 Å². The molecule has 2 heterocycles. The minimum absolute atomic E-state index is 0.0293. The van der Waals surface area contributed by atoms with Crippen LogP contribution in [0.25, 0.3) is 22.5 Å². The normalized spacial score (nSPS) is 13.8. The molecule has 42 heavy (non-hydrogen) atoms. The molecule has 218 valence electrons. The van der Waals surface area contributed by atoms with Crippen molar-refractivity contribution in [1.29, 1.82) is 0 Å². The molecule has 2 aromatic heterocycles. The number of hydrogen-bond acceptors (Lipinski definition) is 6. The summed E-state index contributed by atoms with van der Waals surface area (Å²) in [5, 5.41) is 14.1. The van der Waals surface area contributed by atoms with E-state index in [1.165, 1.54) is 0 Å². The van der Waals surface area contributed by atoms with Gasteiger partial charge in [0.15, 0.2) is 5.82 Å². The zero-order valence-corrected chi connectivity index (χ0v) is 24.7. The molecular formula is C31H33ClN6O4. The Morgan fingerprint density at radius 2 is 1.74 bits per heavy atom. The summed E-state index contributed by atoms with van der Waals surface area (Å²) in [6.07, 6.45) is 4.85. The lowest BCUT2D eigenvalue weighted by Gasteiger charge is -2.24. The highest BCUT2D eigenvalue weighted by Gasteiger charge is 2.27. The van der Waals surface area contributed by atoms with Gasteiger partial charge in [0.05, 0.1) is 0 Å². The highest BCUT2D eigenvalue weighted by Crippen LogP contribution is 2.34. The van der Waals surface area contributed by atoms with Crippen molar-refractivity contribution in [3.05, 3.63) is 88.1 Å². The number of alkyl carbamates (subject to hydrolysis) is 1. The number of nitrogens with one attached hydrogen (secondary N) is 2. The molecule has 1 atom stereocenters. The second-order valence-corrected chi connectivity index (χ2v) is 11.8. The van der Waals surface area contributed by atoms with Gasteiger partial charge in [0.2, 0.25) is 5.91 Å². The number of hydrogen-bond donors (Lipinski definition) is 2. The number of aromatic nitrogens is 4. The lowest BCUT2D eigenvalue weighted by Crippen LogP contribution is -2.47. The number of nitrogens with zero attached hydrogens (tertiary/aromatic N) is 4. The first kappa shape index (κ1) is 29.1. The molecule has 1 saturated carbocycles. The Bertz CT molecular complexity index is 1670. The van der Waals surface area contributed by atoms with Crippen LogP contribution in [-0.4, -0.2) is 43.0 Å². The second kappa shape index (κ2) is 11.8. The van der Waals surface area contributed by atoms with Gasteiger partial charge in [-0.05, 0) is 92.8 Å². The van der Waals surface area contributed by atoms with E-state index in [0.717, 1.165) is 29.5 Å². The molecule has 5 rings (SSSR count). The third-order valence-electron chi connectivity index (χ3n) is 6.81. The summed E-state index contributed by atoms with van der Waals surface area (Å²) in [4.78, 5) is 38.6. The maximum Gasteiger partial charge on any atom is 0.408 e. The van der Waals surface area contributed by atoms with E-state index in [1.54, 1.807) is 66.6 Å². The van der Waals surface area contributed by atoms with E-state index in [4.69, 9.17) is 16.3 Å². The quantitative estimate of drug-likeness (QED) is 0.285. The highest BCUT2D eigenvalue weighted by molar-refractivity contribution is 6.31. The molecule has 2 N–H and O–H groups in total. The second-order valence-electron chi connectivity index (χ2n) is 11.4. The Morgan fingerprint density at radius 1 is 1.05 bits per heavy atom. The van der Waals surface area contributed by atoms with Gasteiger partial charge in [-0.15, -0.1) is 10.2 Å². The van der Waals surface area contributed by atoms with Crippen molar-refractivity contribution in [3.63, 3.8) is 0 Å². The predicted octanol–water partition coefficient (Wildman–Crippen LogP) is 5.37. The van der Waals surface area contributed by atoms with Crippen LogP contribution < -0.4 is 16.2 Å². The minimum Gasteiger partial charge on any atom is -0.444 e. The fraction of sp³-hybridized carbons (Fsp3) is 0.323. The number of amides is 2. The molecule has 2 amide bonds. The molecule has 0 spiro atoms. The Labute approximate surface area is 248 Å². The molecule has 0 bridgehead atoms. The summed E-state index contributed by atoms with van der Waals surface area (Å²) in [6, 6.07) is 15.3. The van der Waals surface area contributed by atoms with Gasteiger partial charge in [0.25, 0.3) is 5.56 Å². The SMILES string of the molecule is Cn1cnnc1-c1ccc(NC(=O)[C@H](Cc2cc(-c3ccc(=O)n(C4CC4)c3)ccc2Cl)NC(=O)OC(C)(C)C)cc1. The highest BCUT2D eigenvalue weighted by atomic mass is 35.5. The van der Waals surface area contributed by atoms with Crippen LogP contribution in [0.5, 0.6) is 0 Å².